The van der Waals surface area contributed by atoms with Crippen LogP contribution in [0.1, 0.15) is 12.0 Å². The molecule has 0 spiro atoms. The van der Waals surface area contributed by atoms with Crippen LogP contribution >= 0.6 is 11.6 Å². The standard InChI is InChI=1S/C13H19ClN2O/c1-15-5-2-6-16(8-7-15)10-11-9-12(14)3-4-13(11)17/h3-4,9,17H,2,5-8,10H2,1H3. The van der Waals surface area contributed by atoms with E-state index in [1.807, 2.05) is 6.07 Å². The van der Waals surface area contributed by atoms with E-state index in [1.54, 1.807) is 12.1 Å². The number of phenols is 1. The van der Waals surface area contributed by atoms with Crippen LogP contribution in [0, 0.1) is 0 Å². The first-order chi connectivity index (χ1) is 8.15. The summed E-state index contributed by atoms with van der Waals surface area (Å²) in [5.41, 5.74) is 0.919. The maximum atomic E-state index is 9.79. The van der Waals surface area contributed by atoms with Gasteiger partial charge in [0.05, 0.1) is 0 Å². The Hall–Kier alpha value is -0.770. The molecule has 1 N–H and O–H groups in total. The molecule has 1 fully saturated rings. The lowest BCUT2D eigenvalue weighted by Gasteiger charge is -2.20. The summed E-state index contributed by atoms with van der Waals surface area (Å²) in [5, 5.41) is 10.5. The molecule has 0 aromatic heterocycles. The Morgan fingerprint density at radius 3 is 2.88 bits per heavy atom. The van der Waals surface area contributed by atoms with Gasteiger partial charge in [-0.15, -0.1) is 0 Å². The largest absolute Gasteiger partial charge is 0.508 e. The van der Waals surface area contributed by atoms with Crippen molar-refractivity contribution in [2.24, 2.45) is 0 Å². The van der Waals surface area contributed by atoms with Gasteiger partial charge in [0.1, 0.15) is 5.75 Å². The highest BCUT2D eigenvalue weighted by molar-refractivity contribution is 6.30. The fourth-order valence-electron chi connectivity index (χ4n) is 2.18. The van der Waals surface area contributed by atoms with E-state index < -0.39 is 0 Å². The van der Waals surface area contributed by atoms with E-state index in [0.717, 1.165) is 38.3 Å². The Kier molecular flexibility index (Phi) is 4.26. The Bertz CT molecular complexity index is 384. The second-order valence-corrected chi connectivity index (χ2v) is 5.14. The molecule has 17 heavy (non-hydrogen) atoms. The number of rotatable bonds is 2. The summed E-state index contributed by atoms with van der Waals surface area (Å²) in [6.45, 7) is 5.14. The molecule has 1 saturated heterocycles. The van der Waals surface area contributed by atoms with E-state index in [1.165, 1.54) is 6.42 Å². The molecule has 0 saturated carbocycles. The monoisotopic (exact) mass is 254 g/mol. The van der Waals surface area contributed by atoms with Crippen LogP contribution in [0.4, 0.5) is 0 Å². The highest BCUT2D eigenvalue weighted by atomic mass is 35.5. The zero-order valence-electron chi connectivity index (χ0n) is 10.2. The van der Waals surface area contributed by atoms with Crippen molar-refractivity contribution in [2.45, 2.75) is 13.0 Å². The van der Waals surface area contributed by atoms with Crippen LogP contribution in [0.2, 0.25) is 5.02 Å². The summed E-state index contributed by atoms with van der Waals surface area (Å²) in [6.07, 6.45) is 1.18. The molecular formula is C13H19ClN2O. The van der Waals surface area contributed by atoms with Gasteiger partial charge in [-0.05, 0) is 44.8 Å². The van der Waals surface area contributed by atoms with Gasteiger partial charge in [0.15, 0.2) is 0 Å². The third kappa shape index (κ3) is 3.60. The van der Waals surface area contributed by atoms with Crippen LogP contribution in [0.15, 0.2) is 18.2 Å². The third-order valence-electron chi connectivity index (χ3n) is 3.25. The molecule has 1 aromatic rings. The molecule has 0 bridgehead atoms. The summed E-state index contributed by atoms with van der Waals surface area (Å²) in [7, 11) is 2.15. The predicted molar refractivity (Wildman–Crippen MR) is 70.5 cm³/mol. The predicted octanol–water partition coefficient (Wildman–Crippen LogP) is 2.18. The van der Waals surface area contributed by atoms with Crippen LogP contribution in [0.5, 0.6) is 5.75 Å². The minimum Gasteiger partial charge on any atom is -0.508 e. The molecule has 0 radical (unpaired) electrons. The molecule has 94 valence electrons. The zero-order valence-corrected chi connectivity index (χ0v) is 11.0. The zero-order chi connectivity index (χ0) is 12.3. The van der Waals surface area contributed by atoms with E-state index in [-0.39, 0.29) is 0 Å². The first kappa shape index (κ1) is 12.7. The summed E-state index contributed by atoms with van der Waals surface area (Å²) >= 11 is 5.95. The lowest BCUT2D eigenvalue weighted by atomic mass is 10.2. The van der Waals surface area contributed by atoms with Crippen molar-refractivity contribution >= 4 is 11.6 Å². The number of phenolic OH excluding ortho intramolecular Hbond substituents is 1. The second-order valence-electron chi connectivity index (χ2n) is 4.71. The van der Waals surface area contributed by atoms with Crippen LogP contribution < -0.4 is 0 Å². The number of halogens is 1. The maximum Gasteiger partial charge on any atom is 0.120 e. The quantitative estimate of drug-likeness (QED) is 0.877. The molecule has 0 unspecified atom stereocenters. The van der Waals surface area contributed by atoms with E-state index >= 15 is 0 Å². The molecule has 0 aliphatic carbocycles. The molecule has 1 aliphatic rings. The molecule has 4 heteroatoms. The van der Waals surface area contributed by atoms with Gasteiger partial charge < -0.3 is 10.0 Å². The van der Waals surface area contributed by atoms with E-state index in [9.17, 15) is 5.11 Å². The van der Waals surface area contributed by atoms with Gasteiger partial charge in [-0.3, -0.25) is 4.90 Å². The summed E-state index contributed by atoms with van der Waals surface area (Å²) < 4.78 is 0. The van der Waals surface area contributed by atoms with Crippen molar-refractivity contribution in [3.63, 3.8) is 0 Å². The molecule has 2 rings (SSSR count). The number of hydrogen-bond acceptors (Lipinski definition) is 3. The third-order valence-corrected chi connectivity index (χ3v) is 3.48. The molecular weight excluding hydrogens is 236 g/mol. The number of likely N-dealkylation sites (N-methyl/N-ethyl adjacent to an activating group) is 1. The fourth-order valence-corrected chi connectivity index (χ4v) is 2.37. The minimum absolute atomic E-state index is 0.340. The molecule has 0 amide bonds. The van der Waals surface area contributed by atoms with Gasteiger partial charge >= 0.3 is 0 Å². The Labute approximate surface area is 108 Å². The molecule has 1 aliphatic heterocycles. The normalized spacial score (nSPS) is 19.2. The first-order valence-electron chi connectivity index (χ1n) is 6.03. The van der Waals surface area contributed by atoms with Crippen molar-refractivity contribution in [1.29, 1.82) is 0 Å². The lowest BCUT2D eigenvalue weighted by molar-refractivity contribution is 0.266. The Balaban J connectivity index is 2.02. The summed E-state index contributed by atoms with van der Waals surface area (Å²) in [4.78, 5) is 4.71. The fraction of sp³-hybridized carbons (Fsp3) is 0.538. The van der Waals surface area contributed by atoms with Crippen molar-refractivity contribution in [3.05, 3.63) is 28.8 Å². The Morgan fingerprint density at radius 2 is 2.06 bits per heavy atom. The number of aromatic hydroxyl groups is 1. The topological polar surface area (TPSA) is 26.7 Å². The minimum atomic E-state index is 0.340. The summed E-state index contributed by atoms with van der Waals surface area (Å²) in [6, 6.07) is 5.24. The molecule has 0 atom stereocenters. The molecule has 1 heterocycles. The maximum absolute atomic E-state index is 9.79. The van der Waals surface area contributed by atoms with E-state index in [4.69, 9.17) is 11.6 Å². The van der Waals surface area contributed by atoms with Gasteiger partial charge in [0.25, 0.3) is 0 Å². The second kappa shape index (κ2) is 5.71. The van der Waals surface area contributed by atoms with E-state index in [2.05, 4.69) is 16.8 Å². The molecule has 3 nitrogen and oxygen atoms in total. The van der Waals surface area contributed by atoms with Gasteiger partial charge in [-0.1, -0.05) is 11.6 Å². The number of hydrogen-bond donors (Lipinski definition) is 1. The average molecular weight is 255 g/mol. The highest BCUT2D eigenvalue weighted by Crippen LogP contribution is 2.23. The number of nitrogens with zero attached hydrogens (tertiary/aromatic N) is 2. The van der Waals surface area contributed by atoms with Gasteiger partial charge in [0.2, 0.25) is 0 Å². The van der Waals surface area contributed by atoms with E-state index in [0.29, 0.717) is 10.8 Å². The molecule has 1 aromatic carbocycles. The number of benzene rings is 1. The van der Waals surface area contributed by atoms with Gasteiger partial charge in [0, 0.05) is 30.2 Å². The SMILES string of the molecule is CN1CCCN(Cc2cc(Cl)ccc2O)CC1. The highest BCUT2D eigenvalue weighted by Gasteiger charge is 2.13. The van der Waals surface area contributed by atoms with Crippen LogP contribution in [0.25, 0.3) is 0 Å². The smallest absolute Gasteiger partial charge is 0.120 e. The van der Waals surface area contributed by atoms with Crippen LogP contribution in [-0.4, -0.2) is 48.1 Å². The van der Waals surface area contributed by atoms with Gasteiger partial charge in [-0.2, -0.15) is 0 Å². The van der Waals surface area contributed by atoms with Crippen molar-refractivity contribution in [3.8, 4) is 5.75 Å². The van der Waals surface area contributed by atoms with Gasteiger partial charge in [-0.25, -0.2) is 0 Å². The lowest BCUT2D eigenvalue weighted by Crippen LogP contribution is -2.28. The van der Waals surface area contributed by atoms with Crippen molar-refractivity contribution in [1.82, 2.24) is 9.80 Å². The van der Waals surface area contributed by atoms with Crippen LogP contribution in [-0.2, 0) is 6.54 Å². The first-order valence-corrected chi connectivity index (χ1v) is 6.41. The van der Waals surface area contributed by atoms with Crippen molar-refractivity contribution in [2.75, 3.05) is 33.2 Å². The van der Waals surface area contributed by atoms with Crippen molar-refractivity contribution < 1.29 is 5.11 Å². The van der Waals surface area contributed by atoms with Crippen LogP contribution in [0.3, 0.4) is 0 Å². The Morgan fingerprint density at radius 1 is 1.24 bits per heavy atom. The average Bonchev–Trinajstić information content (AvgIpc) is 2.49. The summed E-state index contributed by atoms with van der Waals surface area (Å²) in [5.74, 6) is 0.340.